The van der Waals surface area contributed by atoms with Crippen LogP contribution in [0.5, 0.6) is 0 Å². The highest BCUT2D eigenvalue weighted by Crippen LogP contribution is 2.46. The van der Waals surface area contributed by atoms with E-state index in [1.165, 1.54) is 64.3 Å². The minimum atomic E-state index is 0.874. The van der Waals surface area contributed by atoms with Gasteiger partial charge in [-0.15, -0.1) is 11.3 Å². The van der Waals surface area contributed by atoms with Gasteiger partial charge in [0.2, 0.25) is 0 Å². The fourth-order valence-electron chi connectivity index (χ4n) is 8.30. The van der Waals surface area contributed by atoms with E-state index in [1.54, 1.807) is 0 Å². The lowest BCUT2D eigenvalue weighted by Crippen LogP contribution is -2.09. The Morgan fingerprint density at radius 2 is 0.873 bits per heavy atom. The molecule has 0 spiro atoms. The largest absolute Gasteiger partial charge is 0.456 e. The first kappa shape index (κ1) is 31.6. The monoisotopic (exact) mass is 719 g/mol. The van der Waals surface area contributed by atoms with Crippen molar-refractivity contribution in [2.45, 2.75) is 0 Å². The summed E-state index contributed by atoms with van der Waals surface area (Å²) in [5, 5.41) is 7.24. The van der Waals surface area contributed by atoms with Crippen molar-refractivity contribution in [2.24, 2.45) is 0 Å². The van der Waals surface area contributed by atoms with Crippen LogP contribution in [0.3, 0.4) is 0 Å². The quantitative estimate of drug-likeness (QED) is 0.170. The topological polar surface area (TPSA) is 16.4 Å². The zero-order valence-electron chi connectivity index (χ0n) is 29.8. The molecule has 0 amide bonds. The van der Waals surface area contributed by atoms with Crippen molar-refractivity contribution in [2.75, 3.05) is 4.90 Å². The molecule has 55 heavy (non-hydrogen) atoms. The van der Waals surface area contributed by atoms with E-state index in [2.05, 4.69) is 205 Å². The molecule has 0 aliphatic heterocycles. The lowest BCUT2D eigenvalue weighted by Gasteiger charge is -2.26. The normalized spacial score (nSPS) is 11.6. The summed E-state index contributed by atoms with van der Waals surface area (Å²) >= 11 is 1.85. The molecule has 0 fully saturated rings. The Bertz CT molecular complexity index is 3090. The van der Waals surface area contributed by atoms with Crippen LogP contribution in [0.2, 0.25) is 0 Å². The first-order valence-corrected chi connectivity index (χ1v) is 19.5. The van der Waals surface area contributed by atoms with Crippen LogP contribution in [0.1, 0.15) is 0 Å². The Labute approximate surface area is 322 Å². The molecule has 11 rings (SSSR count). The fraction of sp³-hybridized carbons (Fsp3) is 0. The van der Waals surface area contributed by atoms with E-state index >= 15 is 0 Å². The van der Waals surface area contributed by atoms with Gasteiger partial charge in [-0.2, -0.15) is 0 Å². The SMILES string of the molecule is c1ccc(-c2ccc(N(c3ccc(-c4ccccc4)cc3)c3ccc4oc5cc(-c6cccc7sc8ccccc8c67)c6ccccc6c5c4c3)cc2)cc1. The second-order valence-corrected chi connectivity index (χ2v) is 15.1. The Morgan fingerprint density at radius 3 is 1.55 bits per heavy atom. The number of furan rings is 1. The fourth-order valence-corrected chi connectivity index (χ4v) is 9.44. The van der Waals surface area contributed by atoms with Crippen molar-refractivity contribution in [3.05, 3.63) is 200 Å². The van der Waals surface area contributed by atoms with E-state index in [9.17, 15) is 0 Å². The third-order valence-corrected chi connectivity index (χ3v) is 12.0. The maximum absolute atomic E-state index is 6.76. The van der Waals surface area contributed by atoms with Gasteiger partial charge in [-0.25, -0.2) is 0 Å². The van der Waals surface area contributed by atoms with Crippen molar-refractivity contribution in [1.29, 1.82) is 0 Å². The molecule has 0 aliphatic rings. The summed E-state index contributed by atoms with van der Waals surface area (Å²) in [7, 11) is 0. The molecular formula is C52H33NOS. The molecule has 0 saturated heterocycles. The van der Waals surface area contributed by atoms with Gasteiger partial charge in [-0.05, 0) is 105 Å². The van der Waals surface area contributed by atoms with Crippen molar-refractivity contribution in [3.63, 3.8) is 0 Å². The molecule has 9 aromatic carbocycles. The van der Waals surface area contributed by atoms with Crippen molar-refractivity contribution in [3.8, 4) is 33.4 Å². The molecule has 3 heteroatoms. The summed E-state index contributed by atoms with van der Waals surface area (Å²) in [4.78, 5) is 2.35. The summed E-state index contributed by atoms with van der Waals surface area (Å²) in [6.45, 7) is 0. The van der Waals surface area contributed by atoms with Gasteiger partial charge in [0.1, 0.15) is 11.2 Å². The molecule has 2 heterocycles. The second-order valence-electron chi connectivity index (χ2n) is 14.1. The molecule has 0 bridgehead atoms. The van der Waals surface area contributed by atoms with E-state index in [0.717, 1.165) is 39.0 Å². The van der Waals surface area contributed by atoms with Gasteiger partial charge in [0.25, 0.3) is 0 Å². The molecule has 0 radical (unpaired) electrons. The Balaban J connectivity index is 1.09. The van der Waals surface area contributed by atoms with Crippen LogP contribution in [0.25, 0.3) is 86.3 Å². The Hall–Kier alpha value is -6.94. The predicted octanol–water partition coefficient (Wildman–Crippen LogP) is 15.6. The Morgan fingerprint density at radius 1 is 0.327 bits per heavy atom. The highest BCUT2D eigenvalue weighted by Gasteiger charge is 2.20. The number of fused-ring (bicyclic) bond motifs is 8. The van der Waals surface area contributed by atoms with Gasteiger partial charge in [0.05, 0.1) is 0 Å². The highest BCUT2D eigenvalue weighted by atomic mass is 32.1. The van der Waals surface area contributed by atoms with Crippen molar-refractivity contribution >= 4 is 81.3 Å². The average Bonchev–Trinajstić information content (AvgIpc) is 3.83. The minimum absolute atomic E-state index is 0.874. The number of thiophene rings is 1. The number of nitrogens with zero attached hydrogens (tertiary/aromatic N) is 1. The number of anilines is 3. The third kappa shape index (κ3) is 5.32. The Kier molecular flexibility index (Phi) is 7.39. The molecule has 0 aliphatic carbocycles. The summed E-state index contributed by atoms with van der Waals surface area (Å²) in [6, 6.07) is 72.0. The van der Waals surface area contributed by atoms with Crippen LogP contribution < -0.4 is 4.90 Å². The van der Waals surface area contributed by atoms with Crippen LogP contribution in [0.4, 0.5) is 17.1 Å². The lowest BCUT2D eigenvalue weighted by molar-refractivity contribution is 0.669. The predicted molar refractivity (Wildman–Crippen MR) is 235 cm³/mol. The molecule has 2 aromatic heterocycles. The minimum Gasteiger partial charge on any atom is -0.456 e. The molecule has 0 unspecified atom stereocenters. The van der Waals surface area contributed by atoms with E-state index in [4.69, 9.17) is 4.42 Å². The van der Waals surface area contributed by atoms with Gasteiger partial charge in [0.15, 0.2) is 0 Å². The number of rotatable bonds is 6. The van der Waals surface area contributed by atoms with E-state index < -0.39 is 0 Å². The zero-order chi connectivity index (χ0) is 36.3. The smallest absolute Gasteiger partial charge is 0.136 e. The molecule has 0 saturated carbocycles. The van der Waals surface area contributed by atoms with Gasteiger partial charge in [-0.3, -0.25) is 0 Å². The maximum Gasteiger partial charge on any atom is 0.136 e. The summed E-state index contributed by atoms with van der Waals surface area (Å²) < 4.78 is 9.37. The third-order valence-electron chi connectivity index (χ3n) is 10.9. The van der Waals surface area contributed by atoms with E-state index in [1.807, 2.05) is 11.3 Å². The van der Waals surface area contributed by atoms with Crippen LogP contribution >= 0.6 is 11.3 Å². The van der Waals surface area contributed by atoms with Crippen molar-refractivity contribution in [1.82, 2.24) is 0 Å². The van der Waals surface area contributed by atoms with Gasteiger partial charge in [0, 0.05) is 48.0 Å². The van der Waals surface area contributed by atoms with E-state index in [0.29, 0.717) is 0 Å². The summed E-state index contributed by atoms with van der Waals surface area (Å²) in [5.74, 6) is 0. The van der Waals surface area contributed by atoms with Gasteiger partial charge >= 0.3 is 0 Å². The molecule has 0 atom stereocenters. The first-order chi connectivity index (χ1) is 27.3. The molecule has 258 valence electrons. The van der Waals surface area contributed by atoms with Crippen LogP contribution in [-0.2, 0) is 0 Å². The van der Waals surface area contributed by atoms with Crippen LogP contribution in [0.15, 0.2) is 205 Å². The summed E-state index contributed by atoms with van der Waals surface area (Å²) in [6.07, 6.45) is 0. The highest BCUT2D eigenvalue weighted by molar-refractivity contribution is 7.25. The second kappa shape index (κ2) is 12.9. The number of hydrogen-bond acceptors (Lipinski definition) is 3. The van der Waals surface area contributed by atoms with Gasteiger partial charge < -0.3 is 9.32 Å². The van der Waals surface area contributed by atoms with E-state index in [-0.39, 0.29) is 0 Å². The first-order valence-electron chi connectivity index (χ1n) is 18.7. The lowest BCUT2D eigenvalue weighted by atomic mass is 9.92. The molecular weight excluding hydrogens is 687 g/mol. The maximum atomic E-state index is 6.76. The molecule has 2 nitrogen and oxygen atoms in total. The van der Waals surface area contributed by atoms with Crippen molar-refractivity contribution < 1.29 is 4.42 Å². The standard InChI is InChI=1S/C52H33NOS/c1-3-12-34(13-4-1)36-22-26-38(27-23-36)53(39-28-24-37(25-29-39)35-14-5-2-6-15-35)40-30-31-47-46(32-40)51-42-17-8-7-16-41(42)45(33-48(51)54-47)43-19-11-21-50-52(43)44-18-9-10-20-49(44)55-50/h1-33H. The number of benzene rings is 9. The average molecular weight is 720 g/mol. The zero-order valence-corrected chi connectivity index (χ0v) is 30.6. The number of hydrogen-bond donors (Lipinski definition) is 0. The van der Waals surface area contributed by atoms with Gasteiger partial charge in [-0.1, -0.05) is 140 Å². The summed E-state index contributed by atoms with van der Waals surface area (Å²) in [5.41, 5.74) is 12.2. The van der Waals surface area contributed by atoms with Crippen LogP contribution in [-0.4, -0.2) is 0 Å². The molecule has 11 aromatic rings. The molecule has 0 N–H and O–H groups in total. The van der Waals surface area contributed by atoms with Crippen LogP contribution in [0, 0.1) is 0 Å².